The Kier molecular flexibility index (Phi) is 6.38. The van der Waals surface area contributed by atoms with Gasteiger partial charge in [-0.1, -0.05) is 0 Å². The smallest absolute Gasteiger partial charge is 0.182 e. The number of hydrogen-bond acceptors (Lipinski definition) is 9. The first-order valence-electron chi connectivity index (χ1n) is 10.2. The summed E-state index contributed by atoms with van der Waals surface area (Å²) in [5.41, 5.74) is 1.74. The molecular weight excluding hydrogens is 461 g/mol. The third-order valence-electron chi connectivity index (χ3n) is 5.04. The molecule has 0 aliphatic rings. The molecule has 3 heterocycles. The van der Waals surface area contributed by atoms with Gasteiger partial charge in [-0.25, -0.2) is 27.8 Å². The van der Waals surface area contributed by atoms with E-state index in [-0.39, 0.29) is 33.9 Å². The normalized spacial score (nSPS) is 11.4. The molecule has 0 aliphatic heterocycles. The quantitative estimate of drug-likeness (QED) is 0.388. The fraction of sp³-hybridized carbons (Fsp3) is 0.227. The molecule has 0 spiro atoms. The Morgan fingerprint density at radius 2 is 2.06 bits per heavy atom. The van der Waals surface area contributed by atoms with Crippen molar-refractivity contribution in [3.8, 4) is 22.9 Å². The number of hydrogen-bond donors (Lipinski definition) is 2. The van der Waals surface area contributed by atoms with E-state index in [1.807, 2.05) is 6.07 Å². The van der Waals surface area contributed by atoms with E-state index in [0.717, 1.165) is 6.26 Å². The van der Waals surface area contributed by atoms with Crippen molar-refractivity contribution in [3.05, 3.63) is 54.1 Å². The highest BCUT2D eigenvalue weighted by Gasteiger charge is 2.22. The van der Waals surface area contributed by atoms with Crippen LogP contribution in [0.25, 0.3) is 22.3 Å². The summed E-state index contributed by atoms with van der Waals surface area (Å²) < 4.78 is 45.2. The summed E-state index contributed by atoms with van der Waals surface area (Å²) in [6, 6.07) is 4.62. The molecule has 3 aromatic heterocycles. The molecule has 174 valence electrons. The maximum Gasteiger partial charge on any atom is 0.182 e. The SMILES string of the molecule is CCOc1c(CCNc2ncnc3nc[nH]c23)cc(C#N)c(F)c1-c1cncc(S(C)(=O)=O)c1. The van der Waals surface area contributed by atoms with Gasteiger partial charge in [0.15, 0.2) is 27.1 Å². The number of halogens is 1. The Morgan fingerprint density at radius 3 is 2.79 bits per heavy atom. The van der Waals surface area contributed by atoms with Crippen LogP contribution in [0.1, 0.15) is 18.1 Å². The van der Waals surface area contributed by atoms with Crippen molar-refractivity contribution in [2.24, 2.45) is 0 Å². The second-order valence-electron chi connectivity index (χ2n) is 7.33. The largest absolute Gasteiger partial charge is 0.493 e. The number of nitrogens with zero attached hydrogens (tertiary/aromatic N) is 5. The number of ether oxygens (including phenoxy) is 1. The zero-order valence-electron chi connectivity index (χ0n) is 18.3. The summed E-state index contributed by atoms with van der Waals surface area (Å²) >= 11 is 0. The van der Waals surface area contributed by atoms with Gasteiger partial charge >= 0.3 is 0 Å². The van der Waals surface area contributed by atoms with Crippen LogP contribution < -0.4 is 10.1 Å². The molecule has 0 saturated heterocycles. The van der Waals surface area contributed by atoms with Crippen molar-refractivity contribution < 1.29 is 17.5 Å². The summed E-state index contributed by atoms with van der Waals surface area (Å²) in [6.45, 7) is 2.37. The van der Waals surface area contributed by atoms with Gasteiger partial charge in [-0.2, -0.15) is 5.26 Å². The fourth-order valence-electron chi connectivity index (χ4n) is 3.51. The van der Waals surface area contributed by atoms with Crippen LogP contribution in [0, 0.1) is 17.1 Å². The van der Waals surface area contributed by atoms with Crippen molar-refractivity contribution in [2.75, 3.05) is 24.7 Å². The molecule has 0 amide bonds. The van der Waals surface area contributed by atoms with E-state index in [1.54, 1.807) is 6.92 Å². The third-order valence-corrected chi connectivity index (χ3v) is 6.12. The van der Waals surface area contributed by atoms with Crippen molar-refractivity contribution >= 4 is 26.8 Å². The molecule has 0 radical (unpaired) electrons. The first kappa shape index (κ1) is 23.1. The first-order chi connectivity index (χ1) is 16.3. The molecule has 0 atom stereocenters. The van der Waals surface area contributed by atoms with Crippen molar-refractivity contribution in [3.63, 3.8) is 0 Å². The number of pyridine rings is 1. The summed E-state index contributed by atoms with van der Waals surface area (Å²) in [6.07, 6.45) is 6.84. The number of aromatic amines is 1. The van der Waals surface area contributed by atoms with Gasteiger partial charge in [0, 0.05) is 30.8 Å². The van der Waals surface area contributed by atoms with E-state index in [4.69, 9.17) is 4.74 Å². The predicted molar refractivity (Wildman–Crippen MR) is 123 cm³/mol. The number of nitriles is 1. The monoisotopic (exact) mass is 481 g/mol. The number of sulfone groups is 1. The van der Waals surface area contributed by atoms with Crippen LogP contribution in [-0.2, 0) is 16.3 Å². The number of aromatic nitrogens is 5. The minimum absolute atomic E-state index is 0.00751. The van der Waals surface area contributed by atoms with Gasteiger partial charge in [-0.15, -0.1) is 0 Å². The highest BCUT2D eigenvalue weighted by atomic mass is 32.2. The third kappa shape index (κ3) is 4.51. The van der Waals surface area contributed by atoms with E-state index in [9.17, 15) is 13.7 Å². The lowest BCUT2D eigenvalue weighted by Crippen LogP contribution is -2.10. The number of fused-ring (bicyclic) bond motifs is 1. The van der Waals surface area contributed by atoms with E-state index < -0.39 is 15.7 Å². The van der Waals surface area contributed by atoms with Gasteiger partial charge in [0.1, 0.15) is 23.7 Å². The predicted octanol–water partition coefficient (Wildman–Crippen LogP) is 2.88. The van der Waals surface area contributed by atoms with Crippen LogP contribution in [0.4, 0.5) is 10.2 Å². The average Bonchev–Trinajstić information content (AvgIpc) is 3.30. The number of rotatable bonds is 8. The van der Waals surface area contributed by atoms with Crippen LogP contribution in [0.15, 0.2) is 42.1 Å². The molecule has 0 aliphatic carbocycles. The molecule has 4 rings (SSSR count). The summed E-state index contributed by atoms with van der Waals surface area (Å²) in [5.74, 6) is -0.0268. The summed E-state index contributed by atoms with van der Waals surface area (Å²) in [7, 11) is -3.58. The number of benzene rings is 1. The molecule has 0 saturated carbocycles. The van der Waals surface area contributed by atoms with Gasteiger partial charge in [0.25, 0.3) is 0 Å². The van der Waals surface area contributed by atoms with Crippen LogP contribution in [0.5, 0.6) is 5.75 Å². The lowest BCUT2D eigenvalue weighted by atomic mass is 9.96. The van der Waals surface area contributed by atoms with Crippen LogP contribution in [0.3, 0.4) is 0 Å². The Balaban J connectivity index is 1.74. The second kappa shape index (κ2) is 9.40. The minimum atomic E-state index is -3.58. The summed E-state index contributed by atoms with van der Waals surface area (Å²) in [5, 5.41) is 12.7. The van der Waals surface area contributed by atoms with Gasteiger partial charge in [0.2, 0.25) is 0 Å². The van der Waals surface area contributed by atoms with Crippen LogP contribution in [0.2, 0.25) is 0 Å². The second-order valence-corrected chi connectivity index (χ2v) is 9.34. The fourth-order valence-corrected chi connectivity index (χ4v) is 4.10. The average molecular weight is 482 g/mol. The highest BCUT2D eigenvalue weighted by molar-refractivity contribution is 7.90. The summed E-state index contributed by atoms with van der Waals surface area (Å²) in [4.78, 5) is 19.2. The topological polar surface area (TPSA) is 147 Å². The molecule has 12 heteroatoms. The lowest BCUT2D eigenvalue weighted by molar-refractivity contribution is 0.336. The maximum atomic E-state index is 15.4. The van der Waals surface area contributed by atoms with Gasteiger partial charge in [0.05, 0.1) is 29.0 Å². The van der Waals surface area contributed by atoms with E-state index in [0.29, 0.717) is 35.5 Å². The Bertz CT molecular complexity index is 1510. The highest BCUT2D eigenvalue weighted by Crippen LogP contribution is 2.38. The van der Waals surface area contributed by atoms with E-state index >= 15 is 4.39 Å². The van der Waals surface area contributed by atoms with Gasteiger partial charge in [-0.05, 0) is 31.0 Å². The molecular formula is C22H20FN7O3S. The van der Waals surface area contributed by atoms with E-state index in [2.05, 4.69) is 30.2 Å². The Hall–Kier alpha value is -4.11. The standard InChI is InChI=1S/C22H20FN7O3S/c1-3-33-20-13(4-5-26-21-19-22(28-11-27-19)30-12-29-21)6-14(8-24)18(23)17(20)15-7-16(10-25-9-15)34(2,31)32/h6-7,9-12H,3-5H2,1-2H3,(H2,26,27,28,29,30). The van der Waals surface area contributed by atoms with Crippen LogP contribution >= 0.6 is 0 Å². The molecule has 0 bridgehead atoms. The maximum absolute atomic E-state index is 15.4. The Morgan fingerprint density at radius 1 is 1.24 bits per heavy atom. The molecule has 34 heavy (non-hydrogen) atoms. The van der Waals surface area contributed by atoms with Crippen molar-refractivity contribution in [2.45, 2.75) is 18.2 Å². The molecule has 1 aromatic carbocycles. The number of nitrogens with one attached hydrogen (secondary N) is 2. The lowest BCUT2D eigenvalue weighted by Gasteiger charge is -2.18. The minimum Gasteiger partial charge on any atom is -0.493 e. The van der Waals surface area contributed by atoms with Crippen molar-refractivity contribution in [1.29, 1.82) is 5.26 Å². The molecule has 2 N–H and O–H groups in total. The zero-order chi connectivity index (χ0) is 24.3. The Labute approximate surface area is 194 Å². The number of imidazole rings is 1. The number of anilines is 1. The van der Waals surface area contributed by atoms with E-state index in [1.165, 1.54) is 37.2 Å². The number of H-pyrrole nitrogens is 1. The van der Waals surface area contributed by atoms with Crippen LogP contribution in [-0.4, -0.2) is 52.7 Å². The molecule has 0 fully saturated rings. The zero-order valence-corrected chi connectivity index (χ0v) is 19.1. The van der Waals surface area contributed by atoms with Crippen molar-refractivity contribution in [1.82, 2.24) is 24.9 Å². The molecule has 10 nitrogen and oxygen atoms in total. The first-order valence-corrected chi connectivity index (χ1v) is 12.1. The molecule has 4 aromatic rings. The molecule has 0 unspecified atom stereocenters. The van der Waals surface area contributed by atoms with Gasteiger partial charge in [-0.3, -0.25) is 4.98 Å². The van der Waals surface area contributed by atoms with Gasteiger partial charge < -0.3 is 15.0 Å².